The zero-order valence-corrected chi connectivity index (χ0v) is 17.9. The van der Waals surface area contributed by atoms with E-state index >= 15 is 0 Å². The van der Waals surface area contributed by atoms with Gasteiger partial charge >= 0.3 is 0 Å². The number of carbonyl (C=O) groups excluding carboxylic acids is 2. The molecule has 0 unspecified atom stereocenters. The zero-order valence-electron chi connectivity index (χ0n) is 14.9. The molecule has 3 rings (SSSR count). The van der Waals surface area contributed by atoms with Crippen LogP contribution in [0.15, 0.2) is 47.4 Å². The maximum atomic E-state index is 12.7. The summed E-state index contributed by atoms with van der Waals surface area (Å²) >= 11 is 3.12. The third-order valence-electron chi connectivity index (χ3n) is 3.89. The molecule has 1 aliphatic rings. The molecule has 2 aromatic rings. The average Bonchev–Trinajstić information content (AvgIpc) is 2.90. The van der Waals surface area contributed by atoms with Crippen LogP contribution < -0.4 is 9.47 Å². The lowest BCUT2D eigenvalue weighted by atomic mass is 10.1. The van der Waals surface area contributed by atoms with E-state index in [-0.39, 0.29) is 17.7 Å². The van der Waals surface area contributed by atoms with Crippen LogP contribution in [0.1, 0.15) is 18.1 Å². The van der Waals surface area contributed by atoms with Gasteiger partial charge in [0, 0.05) is 0 Å². The highest BCUT2D eigenvalue weighted by Gasteiger charge is 2.35. The second kappa shape index (κ2) is 8.79. The van der Waals surface area contributed by atoms with Gasteiger partial charge in [0.1, 0.15) is 0 Å². The Labute approximate surface area is 175 Å². The predicted octanol–water partition coefficient (Wildman–Crippen LogP) is 4.94. The van der Waals surface area contributed by atoms with E-state index in [9.17, 15) is 9.59 Å². The fraction of sp³-hybridized carbons (Fsp3) is 0.200. The lowest BCUT2D eigenvalue weighted by molar-refractivity contribution is -0.123. The normalized spacial score (nSPS) is 15.5. The van der Waals surface area contributed by atoms with Gasteiger partial charge in [0.2, 0.25) is 0 Å². The average molecular weight is 495 g/mol. The molecule has 0 spiro atoms. The lowest BCUT2D eigenvalue weighted by Crippen LogP contribution is -2.27. The predicted molar refractivity (Wildman–Crippen MR) is 115 cm³/mol. The number of benzene rings is 2. The van der Waals surface area contributed by atoms with Crippen molar-refractivity contribution in [2.75, 3.05) is 13.7 Å². The van der Waals surface area contributed by atoms with Crippen LogP contribution in [0.25, 0.3) is 6.08 Å². The summed E-state index contributed by atoms with van der Waals surface area (Å²) < 4.78 is 11.9. The van der Waals surface area contributed by atoms with E-state index < -0.39 is 0 Å². The first-order chi connectivity index (χ1) is 13.0. The number of nitrogens with zero attached hydrogens (tertiary/aromatic N) is 1. The summed E-state index contributed by atoms with van der Waals surface area (Å²) in [4.78, 5) is 26.7. The minimum atomic E-state index is -0.280. The quantitative estimate of drug-likeness (QED) is 0.420. The Morgan fingerprint density at radius 2 is 1.93 bits per heavy atom. The molecule has 1 saturated heterocycles. The Kier molecular flexibility index (Phi) is 6.43. The molecule has 0 N–H and O–H groups in total. The molecule has 140 valence electrons. The molecule has 1 fully saturated rings. The fourth-order valence-electron chi connectivity index (χ4n) is 2.69. The van der Waals surface area contributed by atoms with Crippen molar-refractivity contribution in [3.63, 3.8) is 0 Å². The van der Waals surface area contributed by atoms with Crippen LogP contribution >= 0.6 is 34.4 Å². The molecule has 27 heavy (non-hydrogen) atoms. The molecule has 2 amide bonds. The third kappa shape index (κ3) is 4.47. The monoisotopic (exact) mass is 495 g/mol. The molecular weight excluding hydrogens is 477 g/mol. The summed E-state index contributed by atoms with van der Waals surface area (Å²) in [6.07, 6.45) is 1.72. The van der Waals surface area contributed by atoms with E-state index in [1.165, 1.54) is 4.90 Å². The molecule has 5 nitrogen and oxygen atoms in total. The van der Waals surface area contributed by atoms with Gasteiger partial charge in [-0.25, -0.2) is 0 Å². The summed E-state index contributed by atoms with van der Waals surface area (Å²) in [6, 6.07) is 13.2. The van der Waals surface area contributed by atoms with Gasteiger partial charge in [0.25, 0.3) is 11.1 Å². The standard InChI is InChI=1S/C20H18INO4S/c1-3-26-16-10-14(9-15(21)18(16)25-2)11-17-19(23)22(20(24)27-17)12-13-7-5-4-6-8-13/h4-11H,3,12H2,1-2H3/b17-11+. The number of amides is 2. The highest BCUT2D eigenvalue weighted by Crippen LogP contribution is 2.37. The van der Waals surface area contributed by atoms with Gasteiger partial charge in [-0.1, -0.05) is 30.3 Å². The summed E-state index contributed by atoms with van der Waals surface area (Å²) in [5.41, 5.74) is 1.70. The Balaban J connectivity index is 1.87. The SMILES string of the molecule is CCOc1cc(/C=C2/SC(=O)N(Cc3ccccc3)C2=O)cc(I)c1OC. The van der Waals surface area contributed by atoms with E-state index in [4.69, 9.17) is 9.47 Å². The largest absolute Gasteiger partial charge is 0.492 e. The number of ether oxygens (including phenoxy) is 2. The van der Waals surface area contributed by atoms with Crippen molar-refractivity contribution in [2.45, 2.75) is 13.5 Å². The van der Waals surface area contributed by atoms with Crippen molar-refractivity contribution in [3.05, 3.63) is 62.1 Å². The molecule has 1 heterocycles. The Morgan fingerprint density at radius 3 is 2.59 bits per heavy atom. The first kappa shape index (κ1) is 19.8. The Hall–Kier alpha value is -2.00. The van der Waals surface area contributed by atoms with Crippen LogP contribution in [-0.2, 0) is 11.3 Å². The van der Waals surface area contributed by atoms with Gasteiger partial charge in [-0.3, -0.25) is 14.5 Å². The minimum absolute atomic E-state index is 0.261. The first-order valence-corrected chi connectivity index (χ1v) is 10.2. The molecular formula is C20H18INO4S. The number of methoxy groups -OCH3 is 1. The number of carbonyl (C=O) groups is 2. The third-order valence-corrected chi connectivity index (χ3v) is 5.60. The summed E-state index contributed by atoms with van der Waals surface area (Å²) in [5.74, 6) is 0.992. The number of halogens is 1. The fourth-order valence-corrected chi connectivity index (χ4v) is 4.37. The molecule has 2 aromatic carbocycles. The Bertz CT molecular complexity index is 898. The molecule has 0 aromatic heterocycles. The number of rotatable bonds is 6. The van der Waals surface area contributed by atoms with Crippen molar-refractivity contribution >= 4 is 51.6 Å². The van der Waals surface area contributed by atoms with Crippen molar-refractivity contribution in [1.82, 2.24) is 4.90 Å². The highest BCUT2D eigenvalue weighted by molar-refractivity contribution is 14.1. The van der Waals surface area contributed by atoms with Gasteiger partial charge in [-0.05, 0) is 70.6 Å². The number of imide groups is 1. The molecule has 7 heteroatoms. The molecule has 1 aliphatic heterocycles. The van der Waals surface area contributed by atoms with Crippen LogP contribution in [0, 0.1) is 3.57 Å². The van der Waals surface area contributed by atoms with Crippen molar-refractivity contribution in [1.29, 1.82) is 0 Å². The Morgan fingerprint density at radius 1 is 1.19 bits per heavy atom. The van der Waals surface area contributed by atoms with E-state index in [2.05, 4.69) is 22.6 Å². The van der Waals surface area contributed by atoms with Gasteiger partial charge in [-0.15, -0.1) is 0 Å². The van der Waals surface area contributed by atoms with Gasteiger partial charge in [0.05, 0.1) is 28.7 Å². The van der Waals surface area contributed by atoms with E-state index in [1.54, 1.807) is 13.2 Å². The number of hydrogen-bond acceptors (Lipinski definition) is 5. The summed E-state index contributed by atoms with van der Waals surface area (Å²) in [6.45, 7) is 2.67. The number of hydrogen-bond donors (Lipinski definition) is 0. The topological polar surface area (TPSA) is 55.8 Å². The van der Waals surface area contributed by atoms with Crippen LogP contribution in [0.4, 0.5) is 4.79 Å². The maximum absolute atomic E-state index is 12.7. The van der Waals surface area contributed by atoms with Gasteiger partial charge < -0.3 is 9.47 Å². The van der Waals surface area contributed by atoms with Crippen molar-refractivity contribution in [2.24, 2.45) is 0 Å². The minimum Gasteiger partial charge on any atom is -0.492 e. The summed E-state index contributed by atoms with van der Waals surface area (Å²) in [5, 5.41) is -0.261. The second-order valence-corrected chi connectivity index (χ2v) is 7.88. The van der Waals surface area contributed by atoms with E-state index in [0.717, 1.165) is 26.5 Å². The van der Waals surface area contributed by atoms with E-state index in [1.807, 2.05) is 49.4 Å². The van der Waals surface area contributed by atoms with Gasteiger partial charge in [-0.2, -0.15) is 0 Å². The second-order valence-electron chi connectivity index (χ2n) is 5.72. The van der Waals surface area contributed by atoms with Crippen LogP contribution in [-0.4, -0.2) is 29.8 Å². The zero-order chi connectivity index (χ0) is 19.4. The lowest BCUT2D eigenvalue weighted by Gasteiger charge is -2.13. The molecule has 0 radical (unpaired) electrons. The molecule has 0 atom stereocenters. The molecule has 0 aliphatic carbocycles. The number of thioether (sulfide) groups is 1. The van der Waals surface area contributed by atoms with Crippen LogP contribution in [0.3, 0.4) is 0 Å². The highest BCUT2D eigenvalue weighted by atomic mass is 127. The summed E-state index contributed by atoms with van der Waals surface area (Å²) in [7, 11) is 1.59. The van der Waals surface area contributed by atoms with Crippen molar-refractivity contribution < 1.29 is 19.1 Å². The van der Waals surface area contributed by atoms with Gasteiger partial charge in [0.15, 0.2) is 11.5 Å². The van der Waals surface area contributed by atoms with Crippen molar-refractivity contribution in [3.8, 4) is 11.5 Å². The molecule has 0 saturated carbocycles. The van der Waals surface area contributed by atoms with Crippen LogP contribution in [0.2, 0.25) is 0 Å². The first-order valence-electron chi connectivity index (χ1n) is 8.33. The smallest absolute Gasteiger partial charge is 0.293 e. The maximum Gasteiger partial charge on any atom is 0.293 e. The van der Waals surface area contributed by atoms with Crippen LogP contribution in [0.5, 0.6) is 11.5 Å². The van der Waals surface area contributed by atoms with E-state index in [0.29, 0.717) is 23.0 Å². The molecule has 0 bridgehead atoms.